The highest BCUT2D eigenvalue weighted by atomic mass is 32.2. The third kappa shape index (κ3) is 1.82. The second-order valence-corrected chi connectivity index (χ2v) is 5.86. The van der Waals surface area contributed by atoms with Crippen molar-refractivity contribution in [2.24, 2.45) is 0 Å². The van der Waals surface area contributed by atoms with Crippen molar-refractivity contribution in [3.8, 4) is 0 Å². The van der Waals surface area contributed by atoms with Crippen molar-refractivity contribution >= 4 is 10.0 Å². The molecule has 1 aliphatic rings. The number of nitrogens with zero attached hydrogens (tertiary/aromatic N) is 2. The van der Waals surface area contributed by atoms with E-state index in [-0.39, 0.29) is 6.04 Å². The summed E-state index contributed by atoms with van der Waals surface area (Å²) in [6.45, 7) is 9.34. The first-order valence-corrected chi connectivity index (χ1v) is 6.41. The number of rotatable bonds is 2. The normalized spacial score (nSPS) is 17.8. The highest BCUT2D eigenvalue weighted by Crippen LogP contribution is 2.23. The van der Waals surface area contributed by atoms with Gasteiger partial charge in [-0.25, -0.2) is 15.0 Å². The van der Waals surface area contributed by atoms with E-state index < -0.39 is 10.0 Å². The van der Waals surface area contributed by atoms with Crippen LogP contribution in [0.25, 0.3) is 4.85 Å². The molecule has 0 saturated carbocycles. The van der Waals surface area contributed by atoms with E-state index in [1.807, 2.05) is 6.92 Å². The lowest BCUT2D eigenvalue weighted by molar-refractivity contribution is 0.293. The smallest absolute Gasteiger partial charge is 0.250 e. The predicted octanol–water partition coefficient (Wildman–Crippen LogP) is 1.29. The zero-order chi connectivity index (χ0) is 11.8. The topological polar surface area (TPSA) is 41.7 Å². The van der Waals surface area contributed by atoms with Gasteiger partial charge in [0.05, 0.1) is 18.0 Å². The molecule has 0 radical (unpaired) electrons. The largest absolute Gasteiger partial charge is 0.311 e. The van der Waals surface area contributed by atoms with Crippen molar-refractivity contribution in [3.05, 3.63) is 41.2 Å². The van der Waals surface area contributed by atoms with E-state index in [4.69, 9.17) is 6.57 Å². The summed E-state index contributed by atoms with van der Waals surface area (Å²) in [6, 6.07) is 6.60. The molecule has 1 saturated heterocycles. The Hall–Kier alpha value is -1.38. The van der Waals surface area contributed by atoms with E-state index in [2.05, 4.69) is 4.85 Å². The zero-order valence-electron chi connectivity index (χ0n) is 8.92. The van der Waals surface area contributed by atoms with Crippen LogP contribution in [0.2, 0.25) is 0 Å². The average Bonchev–Trinajstić information content (AvgIpc) is 2.16. The summed E-state index contributed by atoms with van der Waals surface area (Å²) in [5.74, 6) is 0. The second kappa shape index (κ2) is 3.89. The average molecular weight is 236 g/mol. The van der Waals surface area contributed by atoms with Crippen molar-refractivity contribution < 1.29 is 8.42 Å². The van der Waals surface area contributed by atoms with Gasteiger partial charge in [-0.1, -0.05) is 17.7 Å². The Morgan fingerprint density at radius 3 is 2.38 bits per heavy atom. The summed E-state index contributed by atoms with van der Waals surface area (Å²) >= 11 is 0. The fraction of sp³-hybridized carbons (Fsp3) is 0.364. The molecule has 0 N–H and O–H groups in total. The van der Waals surface area contributed by atoms with Crippen molar-refractivity contribution in [2.45, 2.75) is 17.9 Å². The molecular formula is C11H12N2O2S. The summed E-state index contributed by atoms with van der Waals surface area (Å²) in [5.41, 5.74) is 1.03. The van der Waals surface area contributed by atoms with Crippen LogP contribution >= 0.6 is 0 Å². The Kier molecular flexibility index (Phi) is 2.70. The molecule has 0 atom stereocenters. The van der Waals surface area contributed by atoms with Gasteiger partial charge in [-0.05, 0) is 19.1 Å². The quantitative estimate of drug-likeness (QED) is 0.726. The SMILES string of the molecule is [C-]#[N+]C1CN(S(=O)(=O)c2ccc(C)cc2)C1. The molecule has 1 fully saturated rings. The Labute approximate surface area is 95.4 Å². The Morgan fingerprint density at radius 2 is 1.88 bits per heavy atom. The van der Waals surface area contributed by atoms with Gasteiger partial charge in [-0.2, -0.15) is 4.31 Å². The molecule has 16 heavy (non-hydrogen) atoms. The van der Waals surface area contributed by atoms with Gasteiger partial charge in [-0.3, -0.25) is 0 Å². The summed E-state index contributed by atoms with van der Waals surface area (Å²) in [7, 11) is -3.37. The molecule has 5 heteroatoms. The highest BCUT2D eigenvalue weighted by molar-refractivity contribution is 7.89. The molecule has 84 valence electrons. The second-order valence-electron chi connectivity index (χ2n) is 3.92. The van der Waals surface area contributed by atoms with Crippen LogP contribution in [0.3, 0.4) is 0 Å². The summed E-state index contributed by atoms with van der Waals surface area (Å²) in [5, 5.41) is 0. The molecule has 0 aliphatic carbocycles. The number of benzene rings is 1. The highest BCUT2D eigenvalue weighted by Gasteiger charge is 2.40. The van der Waals surface area contributed by atoms with Gasteiger partial charge in [0.15, 0.2) is 0 Å². The fourth-order valence-corrected chi connectivity index (χ4v) is 3.07. The Morgan fingerprint density at radius 1 is 1.31 bits per heavy atom. The molecule has 0 aromatic heterocycles. The van der Waals surface area contributed by atoms with Crippen LogP contribution in [0.4, 0.5) is 0 Å². The van der Waals surface area contributed by atoms with Crippen molar-refractivity contribution in [1.29, 1.82) is 0 Å². The molecule has 1 aromatic rings. The molecule has 0 unspecified atom stereocenters. The van der Waals surface area contributed by atoms with Crippen LogP contribution in [-0.4, -0.2) is 31.9 Å². The molecule has 0 bridgehead atoms. The summed E-state index contributed by atoms with van der Waals surface area (Å²) in [6.07, 6.45) is 0. The molecule has 1 aromatic carbocycles. The first-order chi connectivity index (χ1) is 7.54. The number of aryl methyl sites for hydroxylation is 1. The van der Waals surface area contributed by atoms with Gasteiger partial charge in [-0.15, -0.1) is 0 Å². The zero-order valence-corrected chi connectivity index (χ0v) is 9.74. The number of hydrogen-bond donors (Lipinski definition) is 0. The van der Waals surface area contributed by atoms with E-state index in [0.717, 1.165) is 5.56 Å². The van der Waals surface area contributed by atoms with Gasteiger partial charge < -0.3 is 4.85 Å². The van der Waals surface area contributed by atoms with E-state index in [1.54, 1.807) is 24.3 Å². The van der Waals surface area contributed by atoms with Crippen molar-refractivity contribution in [2.75, 3.05) is 13.1 Å². The molecule has 0 amide bonds. The standard InChI is InChI=1S/C11H12N2O2S/c1-9-3-5-11(6-4-9)16(14,15)13-7-10(8-13)12-2/h3-6,10H,7-8H2,1H3. The lowest BCUT2D eigenvalue weighted by Gasteiger charge is -2.30. The third-order valence-electron chi connectivity index (χ3n) is 2.67. The fourth-order valence-electron chi connectivity index (χ4n) is 1.55. The van der Waals surface area contributed by atoms with Crippen LogP contribution < -0.4 is 0 Å². The van der Waals surface area contributed by atoms with Gasteiger partial charge in [0.25, 0.3) is 6.04 Å². The molecule has 2 rings (SSSR count). The molecule has 1 heterocycles. The first-order valence-electron chi connectivity index (χ1n) is 4.97. The van der Waals surface area contributed by atoms with Crippen molar-refractivity contribution in [3.63, 3.8) is 0 Å². The molecular weight excluding hydrogens is 224 g/mol. The lowest BCUT2D eigenvalue weighted by atomic mass is 10.2. The number of hydrogen-bond acceptors (Lipinski definition) is 2. The minimum atomic E-state index is -3.37. The van der Waals surface area contributed by atoms with Crippen LogP contribution in [-0.2, 0) is 10.0 Å². The van der Waals surface area contributed by atoms with Gasteiger partial charge in [0, 0.05) is 0 Å². The lowest BCUT2D eigenvalue weighted by Crippen LogP contribution is -2.51. The van der Waals surface area contributed by atoms with Crippen LogP contribution in [0.15, 0.2) is 29.2 Å². The maximum absolute atomic E-state index is 12.0. The van der Waals surface area contributed by atoms with Crippen LogP contribution in [0, 0.1) is 13.5 Å². The van der Waals surface area contributed by atoms with E-state index in [1.165, 1.54) is 4.31 Å². The molecule has 0 spiro atoms. The van der Waals surface area contributed by atoms with E-state index >= 15 is 0 Å². The van der Waals surface area contributed by atoms with E-state index in [0.29, 0.717) is 18.0 Å². The van der Waals surface area contributed by atoms with Gasteiger partial charge >= 0.3 is 0 Å². The van der Waals surface area contributed by atoms with E-state index in [9.17, 15) is 8.42 Å². The van der Waals surface area contributed by atoms with Crippen LogP contribution in [0.1, 0.15) is 5.56 Å². The minimum Gasteiger partial charge on any atom is -0.311 e. The minimum absolute atomic E-state index is 0.166. The summed E-state index contributed by atoms with van der Waals surface area (Å²) in [4.78, 5) is 3.62. The Bertz CT molecular complexity index is 522. The molecule has 1 aliphatic heterocycles. The Balaban J connectivity index is 2.21. The first kappa shape index (κ1) is 11.1. The maximum atomic E-state index is 12.0. The third-order valence-corrected chi connectivity index (χ3v) is 4.52. The molecule has 4 nitrogen and oxygen atoms in total. The maximum Gasteiger partial charge on any atom is 0.250 e. The van der Waals surface area contributed by atoms with Gasteiger partial charge in [0.1, 0.15) is 0 Å². The number of sulfonamides is 1. The van der Waals surface area contributed by atoms with Gasteiger partial charge in [0.2, 0.25) is 10.0 Å². The predicted molar refractivity (Wildman–Crippen MR) is 60.3 cm³/mol. The van der Waals surface area contributed by atoms with Crippen molar-refractivity contribution in [1.82, 2.24) is 4.31 Å². The summed E-state index contributed by atoms with van der Waals surface area (Å²) < 4.78 is 25.4. The van der Waals surface area contributed by atoms with Crippen LogP contribution in [0.5, 0.6) is 0 Å². The monoisotopic (exact) mass is 236 g/mol.